The lowest BCUT2D eigenvalue weighted by Crippen LogP contribution is -2.11. The molecule has 0 saturated heterocycles. The lowest BCUT2D eigenvalue weighted by molar-refractivity contribution is -0.145. The summed E-state index contributed by atoms with van der Waals surface area (Å²) in [4.78, 5) is 16.5. The van der Waals surface area contributed by atoms with Crippen molar-refractivity contribution < 1.29 is 18.7 Å². The molecule has 1 fully saturated rings. The zero-order chi connectivity index (χ0) is 22.4. The quantitative estimate of drug-likeness (QED) is 0.482. The smallest absolute Gasteiger partial charge is 0.309 e. The largest absolute Gasteiger partial charge is 0.473 e. The van der Waals surface area contributed by atoms with Crippen molar-refractivity contribution in [1.29, 1.82) is 0 Å². The highest BCUT2D eigenvalue weighted by molar-refractivity contribution is 5.79. The number of hydrogen-bond acceptors (Lipinski definition) is 4. The lowest BCUT2D eigenvalue weighted by atomic mass is 9.94. The summed E-state index contributed by atoms with van der Waals surface area (Å²) in [6, 6.07) is 13.3. The number of halogens is 1. The Morgan fingerprint density at radius 3 is 2.69 bits per heavy atom. The molecule has 3 unspecified atom stereocenters. The van der Waals surface area contributed by atoms with Gasteiger partial charge < -0.3 is 9.47 Å². The molecule has 0 amide bonds. The van der Waals surface area contributed by atoms with E-state index in [0.717, 1.165) is 39.8 Å². The van der Waals surface area contributed by atoms with Gasteiger partial charge in [-0.05, 0) is 78.6 Å². The van der Waals surface area contributed by atoms with Gasteiger partial charge in [0.05, 0.1) is 12.5 Å². The van der Waals surface area contributed by atoms with Gasteiger partial charge >= 0.3 is 5.97 Å². The molecule has 2 aliphatic carbocycles. The Hall–Kier alpha value is -3.21. The zero-order valence-electron chi connectivity index (χ0n) is 18.5. The van der Waals surface area contributed by atoms with Gasteiger partial charge in [0.25, 0.3) is 0 Å². The average molecular weight is 432 g/mol. The van der Waals surface area contributed by atoms with Crippen LogP contribution in [0.25, 0.3) is 11.1 Å². The topological polar surface area (TPSA) is 48.4 Å². The predicted octanol–water partition coefficient (Wildman–Crippen LogP) is 5.53. The number of fused-ring (bicyclic) bond motifs is 3. The monoisotopic (exact) mass is 431 g/mol. The van der Waals surface area contributed by atoms with Crippen molar-refractivity contribution >= 4 is 5.97 Å². The standard InChI is InChI=1S/C27H26FNO3/c1-4-31-27(30)26-20-11-18-12-23(29-13-21(18)25(20)26)32-14-19-10-17(8-9-22(19)28)24-15(2)6-5-7-16(24)3/h5-10,12-13,20,25-26H,4,11,14H2,1-3H3. The molecule has 2 aliphatic rings. The summed E-state index contributed by atoms with van der Waals surface area (Å²) >= 11 is 0. The van der Waals surface area contributed by atoms with Crippen LogP contribution >= 0.6 is 0 Å². The number of esters is 1. The number of aromatic nitrogens is 1. The fourth-order valence-corrected chi connectivity index (χ4v) is 5.17. The van der Waals surface area contributed by atoms with E-state index in [-0.39, 0.29) is 30.2 Å². The number of carbonyl (C=O) groups is 1. The third-order valence-electron chi connectivity index (χ3n) is 6.73. The fraction of sp³-hybridized carbons (Fsp3) is 0.333. The Morgan fingerprint density at radius 1 is 1.16 bits per heavy atom. The molecule has 2 aromatic carbocycles. The molecular formula is C27H26FNO3. The molecule has 5 heteroatoms. The second kappa shape index (κ2) is 8.05. The van der Waals surface area contributed by atoms with E-state index in [9.17, 15) is 9.18 Å². The van der Waals surface area contributed by atoms with Crippen LogP contribution < -0.4 is 4.74 Å². The minimum Gasteiger partial charge on any atom is -0.473 e. The Balaban J connectivity index is 1.31. The van der Waals surface area contributed by atoms with Gasteiger partial charge in [-0.25, -0.2) is 9.37 Å². The number of aryl methyl sites for hydroxylation is 2. The Kier molecular flexibility index (Phi) is 5.20. The van der Waals surface area contributed by atoms with E-state index in [4.69, 9.17) is 9.47 Å². The Labute approximate surface area is 187 Å². The summed E-state index contributed by atoms with van der Waals surface area (Å²) in [6.07, 6.45) is 2.64. The molecular weight excluding hydrogens is 405 g/mol. The maximum absolute atomic E-state index is 14.5. The summed E-state index contributed by atoms with van der Waals surface area (Å²) in [7, 11) is 0. The van der Waals surface area contributed by atoms with E-state index < -0.39 is 0 Å². The molecule has 1 heterocycles. The molecule has 0 bridgehead atoms. The minimum absolute atomic E-state index is 0.0299. The van der Waals surface area contributed by atoms with E-state index >= 15 is 0 Å². The van der Waals surface area contributed by atoms with Gasteiger partial charge in [-0.2, -0.15) is 0 Å². The van der Waals surface area contributed by atoms with Crippen molar-refractivity contribution in [2.45, 2.75) is 39.7 Å². The number of benzene rings is 2. The van der Waals surface area contributed by atoms with Crippen molar-refractivity contribution in [2.24, 2.45) is 11.8 Å². The Bertz CT molecular complexity index is 1190. The zero-order valence-corrected chi connectivity index (χ0v) is 18.5. The second-order valence-electron chi connectivity index (χ2n) is 8.75. The highest BCUT2D eigenvalue weighted by Crippen LogP contribution is 2.61. The number of ether oxygens (including phenoxy) is 2. The molecule has 3 atom stereocenters. The lowest BCUT2D eigenvalue weighted by Gasteiger charge is -2.13. The number of hydrogen-bond donors (Lipinski definition) is 0. The van der Waals surface area contributed by atoms with Gasteiger partial charge in [-0.3, -0.25) is 4.79 Å². The number of pyridine rings is 1. The van der Waals surface area contributed by atoms with Crippen LogP contribution in [-0.2, 0) is 22.6 Å². The molecule has 164 valence electrons. The van der Waals surface area contributed by atoms with E-state index in [1.807, 2.05) is 31.2 Å². The number of carbonyl (C=O) groups excluding carboxylic acids is 1. The third-order valence-corrected chi connectivity index (χ3v) is 6.73. The highest BCUT2D eigenvalue weighted by Gasteiger charge is 2.60. The van der Waals surface area contributed by atoms with Crippen LogP contribution in [0.1, 0.15) is 40.7 Å². The van der Waals surface area contributed by atoms with Gasteiger partial charge in [0.2, 0.25) is 5.88 Å². The first-order valence-corrected chi connectivity index (χ1v) is 11.1. The Morgan fingerprint density at radius 2 is 1.94 bits per heavy atom. The minimum atomic E-state index is -0.292. The van der Waals surface area contributed by atoms with Crippen LogP contribution in [-0.4, -0.2) is 17.6 Å². The summed E-state index contributed by atoms with van der Waals surface area (Å²) in [5.41, 5.74) is 7.19. The van der Waals surface area contributed by atoms with Crippen LogP contribution in [0.2, 0.25) is 0 Å². The van der Waals surface area contributed by atoms with Crippen molar-refractivity contribution in [3.8, 4) is 17.0 Å². The third kappa shape index (κ3) is 3.56. The van der Waals surface area contributed by atoms with Crippen molar-refractivity contribution in [3.05, 3.63) is 82.3 Å². The fourth-order valence-electron chi connectivity index (χ4n) is 5.17. The van der Waals surface area contributed by atoms with Gasteiger partial charge in [-0.1, -0.05) is 24.3 Å². The molecule has 0 spiro atoms. The van der Waals surface area contributed by atoms with Gasteiger partial charge in [0.1, 0.15) is 12.4 Å². The second-order valence-corrected chi connectivity index (χ2v) is 8.75. The summed E-state index contributed by atoms with van der Waals surface area (Å²) in [5.74, 6) is 0.587. The molecule has 0 aliphatic heterocycles. The molecule has 32 heavy (non-hydrogen) atoms. The van der Waals surface area contributed by atoms with Crippen LogP contribution in [0.3, 0.4) is 0 Å². The predicted molar refractivity (Wildman–Crippen MR) is 120 cm³/mol. The van der Waals surface area contributed by atoms with Crippen molar-refractivity contribution in [3.63, 3.8) is 0 Å². The SMILES string of the molecule is CCOC(=O)C1C2Cc3cc(OCc4cc(-c5c(C)cccc5C)ccc4F)ncc3C21. The summed E-state index contributed by atoms with van der Waals surface area (Å²) in [6.45, 7) is 6.47. The van der Waals surface area contributed by atoms with Gasteiger partial charge in [-0.15, -0.1) is 0 Å². The molecule has 0 N–H and O–H groups in total. The maximum atomic E-state index is 14.5. The van der Waals surface area contributed by atoms with Crippen LogP contribution in [0.4, 0.5) is 4.39 Å². The number of rotatable bonds is 6. The molecule has 0 radical (unpaired) electrons. The van der Waals surface area contributed by atoms with E-state index in [1.165, 1.54) is 6.07 Å². The maximum Gasteiger partial charge on any atom is 0.309 e. The van der Waals surface area contributed by atoms with Crippen LogP contribution in [0.15, 0.2) is 48.7 Å². The summed E-state index contributed by atoms with van der Waals surface area (Å²) in [5, 5.41) is 0. The molecule has 5 rings (SSSR count). The first kappa shape index (κ1) is 20.7. The van der Waals surface area contributed by atoms with Crippen LogP contribution in [0, 0.1) is 31.5 Å². The first-order valence-electron chi connectivity index (χ1n) is 11.1. The van der Waals surface area contributed by atoms with E-state index in [0.29, 0.717) is 24.0 Å². The van der Waals surface area contributed by atoms with E-state index in [2.05, 4.69) is 31.0 Å². The molecule has 1 aromatic heterocycles. The highest BCUT2D eigenvalue weighted by atomic mass is 19.1. The average Bonchev–Trinajstić information content (AvgIpc) is 3.36. The first-order chi connectivity index (χ1) is 15.5. The van der Waals surface area contributed by atoms with Gasteiger partial charge in [0, 0.05) is 23.7 Å². The molecule has 4 nitrogen and oxygen atoms in total. The molecule has 1 saturated carbocycles. The van der Waals surface area contributed by atoms with E-state index in [1.54, 1.807) is 6.20 Å². The van der Waals surface area contributed by atoms with Crippen molar-refractivity contribution in [1.82, 2.24) is 4.98 Å². The van der Waals surface area contributed by atoms with Crippen LogP contribution in [0.5, 0.6) is 5.88 Å². The number of nitrogens with zero attached hydrogens (tertiary/aromatic N) is 1. The normalized spacial score (nSPS) is 20.4. The van der Waals surface area contributed by atoms with Crippen molar-refractivity contribution in [2.75, 3.05) is 6.61 Å². The molecule has 3 aromatic rings. The van der Waals surface area contributed by atoms with Gasteiger partial charge in [0.15, 0.2) is 0 Å². The summed E-state index contributed by atoms with van der Waals surface area (Å²) < 4.78 is 25.5.